The Hall–Kier alpha value is -1.42. The van der Waals surface area contributed by atoms with Crippen molar-refractivity contribution in [2.45, 2.75) is 297 Å². The predicted molar refractivity (Wildman–Crippen MR) is 307 cm³/mol. The Balaban J connectivity index is 0.955. The third kappa shape index (κ3) is 15.0. The third-order valence-corrected chi connectivity index (χ3v) is 21.7. The van der Waals surface area contributed by atoms with E-state index in [2.05, 4.69) is 26.8 Å². The fraction of sp³-hybridized carbons (Fsp3) is 0.967. The lowest BCUT2D eigenvalue weighted by atomic mass is 9.46. The normalized spacial score (nSPS) is 48.7. The minimum absolute atomic E-state index is 0.0197. The van der Waals surface area contributed by atoms with E-state index in [1.54, 1.807) is 0 Å². The Labute approximate surface area is 524 Å². The van der Waals surface area contributed by atoms with Crippen LogP contribution in [0, 0.1) is 39.9 Å². The number of hydrogen-bond acceptors (Lipinski definition) is 29. The topological polar surface area (TPSA) is 477 Å². The fourth-order valence-corrected chi connectivity index (χ4v) is 15.9. The molecule has 0 aromatic rings. The highest BCUT2D eigenvalue weighted by molar-refractivity contribution is 5.29. The smallest absolute Gasteiger partial charge is 0.187 e. The molecule has 34 atom stereocenters. The van der Waals surface area contributed by atoms with Gasteiger partial charge in [0.15, 0.2) is 31.5 Å². The summed E-state index contributed by atoms with van der Waals surface area (Å²) in [5.74, 6) is 0.132. The van der Waals surface area contributed by atoms with Crippen molar-refractivity contribution in [3.8, 4) is 0 Å². The molecule has 524 valence electrons. The molecule has 3 aliphatic carbocycles. The van der Waals surface area contributed by atoms with E-state index in [-0.39, 0.29) is 35.5 Å². The highest BCUT2D eigenvalue weighted by Gasteiger charge is 2.62. The molecule has 0 aromatic carbocycles. The van der Waals surface area contributed by atoms with Crippen LogP contribution in [-0.2, 0) is 47.4 Å². The van der Waals surface area contributed by atoms with Crippen LogP contribution in [0.2, 0.25) is 0 Å². The summed E-state index contributed by atoms with van der Waals surface area (Å²) in [7, 11) is 0. The van der Waals surface area contributed by atoms with Crippen molar-refractivity contribution >= 4 is 0 Å². The summed E-state index contributed by atoms with van der Waals surface area (Å²) >= 11 is 0. The van der Waals surface area contributed by atoms with Crippen molar-refractivity contribution in [2.75, 3.05) is 33.0 Å². The molecular formula is C61H106O29. The van der Waals surface area contributed by atoms with Crippen molar-refractivity contribution in [1.82, 2.24) is 0 Å². The average molecular weight is 1300 g/mol. The summed E-state index contributed by atoms with van der Waals surface area (Å²) < 4.78 is 59.3. The molecule has 29 heteroatoms. The maximum Gasteiger partial charge on any atom is 0.187 e. The van der Waals surface area contributed by atoms with Crippen LogP contribution in [0.25, 0.3) is 0 Å². The molecule has 0 spiro atoms. The van der Waals surface area contributed by atoms with Crippen LogP contribution in [0.1, 0.15) is 120 Å². The van der Waals surface area contributed by atoms with E-state index in [0.717, 1.165) is 31.3 Å². The van der Waals surface area contributed by atoms with Crippen molar-refractivity contribution in [3.63, 3.8) is 0 Å². The molecule has 8 rings (SSSR count). The zero-order valence-corrected chi connectivity index (χ0v) is 52.7. The molecule has 34 unspecified atom stereocenters. The Morgan fingerprint density at radius 3 is 1.48 bits per heavy atom. The first-order valence-electron chi connectivity index (χ1n) is 32.1. The number of fused-ring (bicyclic) bond motifs is 1. The van der Waals surface area contributed by atoms with Crippen LogP contribution in [0.3, 0.4) is 0 Å². The van der Waals surface area contributed by atoms with Crippen LogP contribution in [0.4, 0.5) is 0 Å². The van der Waals surface area contributed by atoms with Crippen molar-refractivity contribution < 1.29 is 144 Å². The molecule has 8 aliphatic rings. The summed E-state index contributed by atoms with van der Waals surface area (Å²) in [6.07, 6.45) is -35.6. The molecule has 0 amide bonds. The molecule has 0 bridgehead atoms. The number of rotatable bonds is 24. The largest absolute Gasteiger partial charge is 0.394 e. The Morgan fingerprint density at radius 1 is 0.544 bits per heavy atom. The molecule has 5 aliphatic heterocycles. The second-order valence-electron chi connectivity index (χ2n) is 28.5. The van der Waals surface area contributed by atoms with Gasteiger partial charge in [-0.1, -0.05) is 59.6 Å². The maximum atomic E-state index is 12.5. The van der Waals surface area contributed by atoms with Gasteiger partial charge in [0.1, 0.15) is 122 Å². The van der Waals surface area contributed by atoms with E-state index in [1.807, 2.05) is 20.8 Å². The molecule has 0 radical (unpaired) electrons. The minimum atomic E-state index is -1.95. The molecule has 19 N–H and O–H groups in total. The van der Waals surface area contributed by atoms with E-state index in [4.69, 9.17) is 47.4 Å². The molecule has 2 saturated carbocycles. The Kier molecular flexibility index (Phi) is 24.9. The lowest BCUT2D eigenvalue weighted by molar-refractivity contribution is -0.380. The quantitative estimate of drug-likeness (QED) is 0.0404. The second kappa shape index (κ2) is 30.1. The minimum Gasteiger partial charge on any atom is -0.394 e. The highest BCUT2D eigenvalue weighted by Crippen LogP contribution is 2.66. The second-order valence-corrected chi connectivity index (χ2v) is 28.5. The van der Waals surface area contributed by atoms with Crippen LogP contribution in [0.5, 0.6) is 0 Å². The third-order valence-electron chi connectivity index (χ3n) is 21.7. The van der Waals surface area contributed by atoms with E-state index in [0.29, 0.717) is 32.1 Å². The number of hydrogen-bond donors (Lipinski definition) is 19. The van der Waals surface area contributed by atoms with Gasteiger partial charge in [0, 0.05) is 10.8 Å². The van der Waals surface area contributed by atoms with Gasteiger partial charge < -0.3 is 144 Å². The maximum absolute atomic E-state index is 12.5. The Morgan fingerprint density at radius 2 is 0.989 bits per heavy atom. The number of aliphatic hydroxyl groups excluding tert-OH is 18. The van der Waals surface area contributed by atoms with E-state index >= 15 is 0 Å². The van der Waals surface area contributed by atoms with Crippen molar-refractivity contribution in [2.24, 2.45) is 39.9 Å². The number of allylic oxidation sites excluding steroid dienone is 1. The highest BCUT2D eigenvalue weighted by atomic mass is 16.8. The summed E-state index contributed by atoms with van der Waals surface area (Å²) in [6, 6.07) is 0. The first-order valence-corrected chi connectivity index (χ1v) is 32.1. The summed E-state index contributed by atoms with van der Waals surface area (Å²) in [5.41, 5.74) is -2.10. The Bertz CT molecular complexity index is 2270. The van der Waals surface area contributed by atoms with Gasteiger partial charge in [-0.3, -0.25) is 0 Å². The lowest BCUT2D eigenvalue weighted by Gasteiger charge is -2.60. The molecule has 5 heterocycles. The van der Waals surface area contributed by atoms with E-state index in [1.165, 1.54) is 13.8 Å². The lowest BCUT2D eigenvalue weighted by Crippen LogP contribution is -2.65. The fourth-order valence-electron chi connectivity index (χ4n) is 15.9. The summed E-state index contributed by atoms with van der Waals surface area (Å²) in [4.78, 5) is 0. The monoisotopic (exact) mass is 1300 g/mol. The van der Waals surface area contributed by atoms with Crippen LogP contribution in [-0.4, -0.2) is 308 Å². The van der Waals surface area contributed by atoms with Gasteiger partial charge in [0.05, 0.1) is 56.9 Å². The van der Waals surface area contributed by atoms with Crippen LogP contribution < -0.4 is 0 Å². The van der Waals surface area contributed by atoms with Gasteiger partial charge in [-0.05, 0) is 101 Å². The molecule has 0 aromatic heterocycles. The first-order chi connectivity index (χ1) is 42.2. The molecule has 29 nitrogen and oxygen atoms in total. The van der Waals surface area contributed by atoms with Crippen molar-refractivity contribution in [1.29, 1.82) is 0 Å². The molecule has 5 saturated heterocycles. The SMILES string of the molecule is CCCC(O)C1(C)C2CCC(OC3OC(COC4OC(CO)C(O)C(O)C4O)C(O)C(O)C3O)C(C)(C)C2=CCC1C1(C)CCC(C(C)CCC(OC2OC(COC3OC(CO)C(O)C(O)C3O)C(O)C(O)C2OC2OC(CO)C(O)C(O)C2O)C(C)(C)O)C1. The average Bonchev–Trinajstić information content (AvgIpc) is 1.05. The zero-order valence-electron chi connectivity index (χ0n) is 52.7. The molecular weight excluding hydrogens is 1200 g/mol. The van der Waals surface area contributed by atoms with Gasteiger partial charge in [0.25, 0.3) is 0 Å². The zero-order chi connectivity index (χ0) is 66.4. The number of ether oxygens (including phenoxy) is 10. The summed E-state index contributed by atoms with van der Waals surface area (Å²) in [5, 5.41) is 205. The van der Waals surface area contributed by atoms with Gasteiger partial charge in [0.2, 0.25) is 0 Å². The van der Waals surface area contributed by atoms with E-state index < -0.39 is 221 Å². The van der Waals surface area contributed by atoms with Gasteiger partial charge >= 0.3 is 0 Å². The van der Waals surface area contributed by atoms with Crippen molar-refractivity contribution in [3.05, 3.63) is 11.6 Å². The summed E-state index contributed by atoms with van der Waals surface area (Å²) in [6.45, 7) is 12.4. The number of aliphatic hydroxyl groups is 19. The van der Waals surface area contributed by atoms with Gasteiger partial charge in [-0.25, -0.2) is 0 Å². The van der Waals surface area contributed by atoms with Crippen LogP contribution in [0.15, 0.2) is 11.6 Å². The molecule has 7 fully saturated rings. The van der Waals surface area contributed by atoms with Gasteiger partial charge in [-0.15, -0.1) is 0 Å². The molecule has 90 heavy (non-hydrogen) atoms. The predicted octanol–water partition coefficient (Wildman–Crippen LogP) is -4.63. The first kappa shape index (κ1) is 74.4. The van der Waals surface area contributed by atoms with Crippen LogP contribution >= 0.6 is 0 Å². The standard InChI is InChI=1S/C61H106O29/c1-9-10-35(65)61(8)28-13-16-36(88-55-50(78)46(74)41(69)32(86-55)23-81-53-48(76)43(71)38(66)29(20-62)83-53)58(3,4)27(28)12-14-34(61)60(7)18-17-26(19-60)25(2)11-15-37(59(5,6)80)89-57-52(90-56-51(79)45(73)40(68)31(22-64)85-56)47(75)42(70)33(87-57)24-82-54-49(77)44(72)39(67)30(21-63)84-54/h12,25-26,28-57,62-80H,9-11,13-24H2,1-8H3. The van der Waals surface area contributed by atoms with Gasteiger partial charge in [-0.2, -0.15) is 0 Å². The van der Waals surface area contributed by atoms with E-state index in [9.17, 15) is 97.0 Å².